The Morgan fingerprint density at radius 3 is 2.86 bits per heavy atom. The molecule has 0 aliphatic carbocycles. The highest BCUT2D eigenvalue weighted by Crippen LogP contribution is 2.32. The zero-order valence-electron chi connectivity index (χ0n) is 12.5. The smallest absolute Gasteiger partial charge is 0.242 e. The fourth-order valence-electron chi connectivity index (χ4n) is 2.52. The number of likely N-dealkylation sites (tertiary alicyclic amines) is 1. The highest BCUT2D eigenvalue weighted by molar-refractivity contribution is 9.11. The molecule has 2 unspecified atom stereocenters. The first-order valence-corrected chi connectivity index (χ1v) is 10.1. The van der Waals surface area contributed by atoms with Crippen molar-refractivity contribution in [1.29, 1.82) is 0 Å². The molecule has 2 atom stereocenters. The lowest BCUT2D eigenvalue weighted by atomic mass is 10.0. The number of rotatable bonds is 5. The van der Waals surface area contributed by atoms with Crippen molar-refractivity contribution in [3.63, 3.8) is 0 Å². The maximum atomic E-state index is 12.6. The van der Waals surface area contributed by atoms with Gasteiger partial charge < -0.3 is 10.2 Å². The van der Waals surface area contributed by atoms with Gasteiger partial charge in [-0.05, 0) is 62.4 Å². The van der Waals surface area contributed by atoms with Crippen molar-refractivity contribution in [3.05, 3.63) is 14.7 Å². The van der Waals surface area contributed by atoms with Gasteiger partial charge in [-0.15, -0.1) is 11.3 Å². The quantitative estimate of drug-likeness (QED) is 0.799. The molecule has 0 bridgehead atoms. The van der Waals surface area contributed by atoms with E-state index in [9.17, 15) is 8.42 Å². The molecule has 8 heteroatoms. The lowest BCUT2D eigenvalue weighted by molar-refractivity contribution is 0.178. The van der Waals surface area contributed by atoms with Crippen molar-refractivity contribution in [1.82, 2.24) is 14.9 Å². The van der Waals surface area contributed by atoms with Crippen molar-refractivity contribution < 1.29 is 8.42 Å². The first kappa shape index (κ1) is 17.4. The van der Waals surface area contributed by atoms with Crippen molar-refractivity contribution >= 4 is 37.3 Å². The summed E-state index contributed by atoms with van der Waals surface area (Å²) in [5.74, 6) is 0. The third-order valence-corrected chi connectivity index (χ3v) is 7.65. The van der Waals surface area contributed by atoms with Crippen LogP contribution in [-0.2, 0) is 16.6 Å². The average molecular weight is 396 g/mol. The standard InChI is InChI=1S/C13H22BrN3O2S2/c1-9-6-10(4-5-17(9)3)16-21(18,19)12-7-11(8-15-2)20-13(12)14/h7,9-10,15-16H,4-6,8H2,1-3H3. The lowest BCUT2D eigenvalue weighted by Gasteiger charge is -2.35. The number of halogens is 1. The van der Waals surface area contributed by atoms with Crippen LogP contribution in [0.2, 0.25) is 0 Å². The summed E-state index contributed by atoms with van der Waals surface area (Å²) in [6, 6.07) is 2.16. The molecule has 1 aromatic rings. The summed E-state index contributed by atoms with van der Waals surface area (Å²) in [7, 11) is 0.464. The topological polar surface area (TPSA) is 61.4 Å². The van der Waals surface area contributed by atoms with E-state index in [1.807, 2.05) is 7.05 Å². The number of hydrogen-bond donors (Lipinski definition) is 2. The van der Waals surface area contributed by atoms with Crippen LogP contribution < -0.4 is 10.0 Å². The number of piperidine rings is 1. The summed E-state index contributed by atoms with van der Waals surface area (Å²) in [6.45, 7) is 3.72. The molecule has 120 valence electrons. The van der Waals surface area contributed by atoms with Crippen LogP contribution in [0.1, 0.15) is 24.6 Å². The molecule has 0 spiro atoms. The fourth-order valence-corrected chi connectivity index (χ4v) is 6.50. The van der Waals surface area contributed by atoms with E-state index in [2.05, 4.69) is 44.8 Å². The second-order valence-corrected chi connectivity index (χ2v) is 9.69. The SMILES string of the molecule is CNCc1cc(S(=O)(=O)NC2CCN(C)C(C)C2)c(Br)s1. The first-order chi connectivity index (χ1) is 9.83. The van der Waals surface area contributed by atoms with Crippen LogP contribution in [0, 0.1) is 0 Å². The molecule has 1 fully saturated rings. The Bertz CT molecular complexity index is 588. The molecular formula is C13H22BrN3O2S2. The van der Waals surface area contributed by atoms with Crippen LogP contribution in [-0.4, -0.2) is 46.0 Å². The van der Waals surface area contributed by atoms with E-state index in [1.54, 1.807) is 6.07 Å². The molecule has 0 radical (unpaired) electrons. The number of nitrogens with one attached hydrogen (secondary N) is 2. The van der Waals surface area contributed by atoms with E-state index in [-0.39, 0.29) is 6.04 Å². The second-order valence-electron chi connectivity index (χ2n) is 5.55. The Balaban J connectivity index is 2.11. The minimum Gasteiger partial charge on any atom is -0.315 e. The third kappa shape index (κ3) is 4.27. The minimum absolute atomic E-state index is 0.0146. The molecule has 1 aliphatic rings. The minimum atomic E-state index is -3.46. The fraction of sp³-hybridized carbons (Fsp3) is 0.692. The molecule has 2 rings (SSSR count). The number of thiophene rings is 1. The number of hydrogen-bond acceptors (Lipinski definition) is 5. The van der Waals surface area contributed by atoms with Crippen LogP contribution in [0.5, 0.6) is 0 Å². The largest absolute Gasteiger partial charge is 0.315 e. The molecule has 0 aromatic carbocycles. The zero-order valence-corrected chi connectivity index (χ0v) is 15.7. The summed E-state index contributed by atoms with van der Waals surface area (Å²) < 4.78 is 28.6. The summed E-state index contributed by atoms with van der Waals surface area (Å²) in [5.41, 5.74) is 0. The summed E-state index contributed by atoms with van der Waals surface area (Å²) in [5, 5.41) is 3.04. The molecule has 1 saturated heterocycles. The highest BCUT2D eigenvalue weighted by Gasteiger charge is 2.28. The van der Waals surface area contributed by atoms with E-state index < -0.39 is 10.0 Å². The summed E-state index contributed by atoms with van der Waals surface area (Å²) >= 11 is 4.83. The van der Waals surface area contributed by atoms with E-state index in [0.717, 1.165) is 24.3 Å². The van der Waals surface area contributed by atoms with E-state index in [4.69, 9.17) is 0 Å². The van der Waals surface area contributed by atoms with Gasteiger partial charge in [-0.2, -0.15) is 0 Å². The maximum absolute atomic E-state index is 12.6. The van der Waals surface area contributed by atoms with Gasteiger partial charge in [-0.1, -0.05) is 0 Å². The van der Waals surface area contributed by atoms with Crippen molar-refractivity contribution in [2.45, 2.75) is 43.3 Å². The molecule has 21 heavy (non-hydrogen) atoms. The van der Waals surface area contributed by atoms with Crippen LogP contribution in [0.25, 0.3) is 0 Å². The Kier molecular flexibility index (Phi) is 5.84. The van der Waals surface area contributed by atoms with Crippen molar-refractivity contribution in [2.24, 2.45) is 0 Å². The molecule has 2 heterocycles. The third-order valence-electron chi connectivity index (χ3n) is 3.88. The van der Waals surface area contributed by atoms with Gasteiger partial charge in [0.05, 0.1) is 3.79 Å². The molecule has 0 saturated carbocycles. The molecule has 5 nitrogen and oxygen atoms in total. The van der Waals surface area contributed by atoms with Gasteiger partial charge in [0.2, 0.25) is 10.0 Å². The predicted octanol–water partition coefficient (Wildman–Crippen LogP) is 1.99. The van der Waals surface area contributed by atoms with Crippen molar-refractivity contribution in [3.8, 4) is 0 Å². The Morgan fingerprint density at radius 2 is 2.24 bits per heavy atom. The second kappa shape index (κ2) is 7.06. The van der Waals surface area contributed by atoms with Crippen molar-refractivity contribution in [2.75, 3.05) is 20.6 Å². The number of nitrogens with zero attached hydrogens (tertiary/aromatic N) is 1. The van der Waals surface area contributed by atoms with Gasteiger partial charge >= 0.3 is 0 Å². The number of sulfonamides is 1. The molecule has 0 amide bonds. The van der Waals surface area contributed by atoms with Crippen LogP contribution in [0.4, 0.5) is 0 Å². The molecule has 1 aromatic heterocycles. The van der Waals surface area contributed by atoms with Crippen LogP contribution >= 0.6 is 27.3 Å². The van der Waals surface area contributed by atoms with E-state index in [1.165, 1.54) is 11.3 Å². The lowest BCUT2D eigenvalue weighted by Crippen LogP contribution is -2.47. The van der Waals surface area contributed by atoms with Gasteiger partial charge in [0.15, 0.2) is 0 Å². The first-order valence-electron chi connectivity index (χ1n) is 6.99. The highest BCUT2D eigenvalue weighted by atomic mass is 79.9. The van der Waals surface area contributed by atoms with Gasteiger partial charge in [0, 0.05) is 23.5 Å². The van der Waals surface area contributed by atoms with Gasteiger partial charge in [-0.25, -0.2) is 13.1 Å². The van der Waals surface area contributed by atoms with Crippen LogP contribution in [0.15, 0.2) is 14.7 Å². The van der Waals surface area contributed by atoms with Crippen LogP contribution in [0.3, 0.4) is 0 Å². The molecule has 1 aliphatic heterocycles. The molecule has 2 N–H and O–H groups in total. The molecular weight excluding hydrogens is 374 g/mol. The maximum Gasteiger partial charge on any atom is 0.242 e. The monoisotopic (exact) mass is 395 g/mol. The normalized spacial score (nSPS) is 24.4. The Hall–Kier alpha value is 0.01000. The van der Waals surface area contributed by atoms with E-state index in [0.29, 0.717) is 21.3 Å². The Labute approximate surface area is 139 Å². The average Bonchev–Trinajstić information content (AvgIpc) is 2.76. The van der Waals surface area contributed by atoms with Gasteiger partial charge in [-0.3, -0.25) is 0 Å². The Morgan fingerprint density at radius 1 is 1.52 bits per heavy atom. The van der Waals surface area contributed by atoms with Gasteiger partial charge in [0.1, 0.15) is 4.90 Å². The summed E-state index contributed by atoms with van der Waals surface area (Å²) in [6.07, 6.45) is 1.70. The summed E-state index contributed by atoms with van der Waals surface area (Å²) in [4.78, 5) is 3.61. The predicted molar refractivity (Wildman–Crippen MR) is 90.2 cm³/mol. The van der Waals surface area contributed by atoms with Gasteiger partial charge in [0.25, 0.3) is 0 Å². The van der Waals surface area contributed by atoms with E-state index >= 15 is 0 Å². The zero-order chi connectivity index (χ0) is 15.6.